The maximum absolute atomic E-state index is 13.1. The first-order valence-electron chi connectivity index (χ1n) is 6.79. The SMILES string of the molecule is CCOC(=O)CCCCCNc1ccc(F)c(C)c1. The standard InChI is InChI=1S/C15H22FNO2/c1-3-19-15(18)7-5-4-6-10-17-13-8-9-14(16)12(2)11-13/h8-9,11,17H,3-7,10H2,1-2H3. The third-order valence-electron chi connectivity index (χ3n) is 2.85. The predicted octanol–water partition coefficient (Wildman–Crippen LogP) is 3.67. The molecule has 1 aromatic rings. The molecule has 0 aliphatic heterocycles. The molecule has 0 radical (unpaired) electrons. The van der Waals surface area contributed by atoms with Crippen LogP contribution < -0.4 is 5.32 Å². The van der Waals surface area contributed by atoms with Gasteiger partial charge < -0.3 is 10.1 Å². The van der Waals surface area contributed by atoms with E-state index in [1.54, 1.807) is 19.1 Å². The molecular formula is C15H22FNO2. The summed E-state index contributed by atoms with van der Waals surface area (Å²) in [5.74, 6) is -0.301. The Bertz CT molecular complexity index is 407. The summed E-state index contributed by atoms with van der Waals surface area (Å²) in [6.07, 6.45) is 3.30. The number of esters is 1. The first kappa shape index (κ1) is 15.5. The van der Waals surface area contributed by atoms with Crippen molar-refractivity contribution in [2.45, 2.75) is 39.5 Å². The minimum absolute atomic E-state index is 0.121. The van der Waals surface area contributed by atoms with Gasteiger partial charge in [0.25, 0.3) is 0 Å². The van der Waals surface area contributed by atoms with Crippen LogP contribution in [0.4, 0.5) is 10.1 Å². The van der Waals surface area contributed by atoms with Gasteiger partial charge in [0.15, 0.2) is 0 Å². The van der Waals surface area contributed by atoms with E-state index >= 15 is 0 Å². The fourth-order valence-corrected chi connectivity index (χ4v) is 1.79. The minimum Gasteiger partial charge on any atom is -0.466 e. The number of ether oxygens (including phenoxy) is 1. The van der Waals surface area contributed by atoms with Gasteiger partial charge in [-0.1, -0.05) is 6.42 Å². The zero-order chi connectivity index (χ0) is 14.1. The van der Waals surface area contributed by atoms with Crippen molar-refractivity contribution in [2.75, 3.05) is 18.5 Å². The molecule has 0 heterocycles. The monoisotopic (exact) mass is 267 g/mol. The number of benzene rings is 1. The van der Waals surface area contributed by atoms with Crippen LogP contribution in [0.15, 0.2) is 18.2 Å². The number of hydrogen-bond acceptors (Lipinski definition) is 3. The highest BCUT2D eigenvalue weighted by Crippen LogP contribution is 2.13. The number of hydrogen-bond donors (Lipinski definition) is 1. The lowest BCUT2D eigenvalue weighted by atomic mass is 10.2. The molecule has 0 saturated heterocycles. The van der Waals surface area contributed by atoms with Gasteiger partial charge in [0.05, 0.1) is 6.61 Å². The van der Waals surface area contributed by atoms with E-state index in [2.05, 4.69) is 5.32 Å². The van der Waals surface area contributed by atoms with E-state index in [1.165, 1.54) is 6.07 Å². The first-order valence-corrected chi connectivity index (χ1v) is 6.79. The highest BCUT2D eigenvalue weighted by molar-refractivity contribution is 5.69. The van der Waals surface area contributed by atoms with Crippen molar-refractivity contribution in [3.63, 3.8) is 0 Å². The average molecular weight is 267 g/mol. The molecule has 106 valence electrons. The topological polar surface area (TPSA) is 38.3 Å². The van der Waals surface area contributed by atoms with E-state index in [0.29, 0.717) is 18.6 Å². The fraction of sp³-hybridized carbons (Fsp3) is 0.533. The molecule has 0 fully saturated rings. The smallest absolute Gasteiger partial charge is 0.305 e. The maximum atomic E-state index is 13.1. The zero-order valence-corrected chi connectivity index (χ0v) is 11.7. The van der Waals surface area contributed by atoms with Gasteiger partial charge in [-0.15, -0.1) is 0 Å². The van der Waals surface area contributed by atoms with Crippen molar-refractivity contribution in [3.05, 3.63) is 29.6 Å². The molecule has 19 heavy (non-hydrogen) atoms. The van der Waals surface area contributed by atoms with Crippen molar-refractivity contribution in [3.8, 4) is 0 Å². The molecule has 0 bridgehead atoms. The van der Waals surface area contributed by atoms with Crippen molar-refractivity contribution in [1.29, 1.82) is 0 Å². The van der Waals surface area contributed by atoms with Gasteiger partial charge >= 0.3 is 5.97 Å². The van der Waals surface area contributed by atoms with Crippen molar-refractivity contribution in [2.24, 2.45) is 0 Å². The summed E-state index contributed by atoms with van der Waals surface area (Å²) in [5.41, 5.74) is 1.58. The minimum atomic E-state index is -0.181. The number of nitrogens with one attached hydrogen (secondary N) is 1. The van der Waals surface area contributed by atoms with Crippen LogP contribution in [0.2, 0.25) is 0 Å². The van der Waals surface area contributed by atoms with Crippen LogP contribution in [0.5, 0.6) is 0 Å². The number of aryl methyl sites for hydroxylation is 1. The van der Waals surface area contributed by atoms with E-state index in [0.717, 1.165) is 31.5 Å². The Morgan fingerprint density at radius 2 is 2.11 bits per heavy atom. The Labute approximate surface area is 114 Å². The van der Waals surface area contributed by atoms with E-state index in [4.69, 9.17) is 4.74 Å². The van der Waals surface area contributed by atoms with Gasteiger partial charge in [-0.05, 0) is 50.5 Å². The Balaban J connectivity index is 2.10. The molecule has 0 aliphatic carbocycles. The molecule has 0 amide bonds. The lowest BCUT2D eigenvalue weighted by Gasteiger charge is -2.07. The molecule has 0 aromatic heterocycles. The summed E-state index contributed by atoms with van der Waals surface area (Å²) >= 11 is 0. The van der Waals surface area contributed by atoms with Gasteiger partial charge in [-0.3, -0.25) is 4.79 Å². The van der Waals surface area contributed by atoms with E-state index in [9.17, 15) is 9.18 Å². The molecule has 1 N–H and O–H groups in total. The molecule has 0 aliphatic rings. The van der Waals surface area contributed by atoms with Crippen molar-refractivity contribution < 1.29 is 13.9 Å². The Morgan fingerprint density at radius 3 is 2.79 bits per heavy atom. The Morgan fingerprint density at radius 1 is 1.32 bits per heavy atom. The number of carbonyl (C=O) groups excluding carboxylic acids is 1. The predicted molar refractivity (Wildman–Crippen MR) is 74.7 cm³/mol. The summed E-state index contributed by atoms with van der Waals surface area (Å²) in [6.45, 7) is 4.84. The van der Waals surface area contributed by atoms with E-state index in [-0.39, 0.29) is 11.8 Å². The van der Waals surface area contributed by atoms with Crippen LogP contribution in [0, 0.1) is 12.7 Å². The second kappa shape index (κ2) is 8.51. The number of rotatable bonds is 8. The summed E-state index contributed by atoms with van der Waals surface area (Å²) in [4.78, 5) is 11.1. The molecule has 1 rings (SSSR count). The molecule has 0 saturated carbocycles. The fourth-order valence-electron chi connectivity index (χ4n) is 1.79. The Hall–Kier alpha value is -1.58. The molecule has 0 spiro atoms. The number of unbranched alkanes of at least 4 members (excludes halogenated alkanes) is 2. The number of carbonyl (C=O) groups is 1. The molecular weight excluding hydrogens is 245 g/mol. The second-order valence-corrected chi connectivity index (χ2v) is 4.51. The quantitative estimate of drug-likeness (QED) is 0.577. The molecule has 4 heteroatoms. The van der Waals surface area contributed by atoms with Crippen LogP contribution in [0.1, 0.15) is 38.2 Å². The summed E-state index contributed by atoms with van der Waals surface area (Å²) in [5, 5.41) is 3.24. The largest absolute Gasteiger partial charge is 0.466 e. The molecule has 3 nitrogen and oxygen atoms in total. The first-order chi connectivity index (χ1) is 9.13. The van der Waals surface area contributed by atoms with Crippen LogP contribution in [0.25, 0.3) is 0 Å². The third-order valence-corrected chi connectivity index (χ3v) is 2.85. The van der Waals surface area contributed by atoms with E-state index in [1.807, 2.05) is 6.92 Å². The van der Waals surface area contributed by atoms with Gasteiger partial charge in [-0.25, -0.2) is 4.39 Å². The normalized spacial score (nSPS) is 10.3. The molecule has 0 atom stereocenters. The summed E-state index contributed by atoms with van der Waals surface area (Å²) < 4.78 is 17.9. The van der Waals surface area contributed by atoms with Gasteiger partial charge in [-0.2, -0.15) is 0 Å². The van der Waals surface area contributed by atoms with Crippen LogP contribution in [0.3, 0.4) is 0 Å². The van der Waals surface area contributed by atoms with Crippen LogP contribution >= 0.6 is 0 Å². The third kappa shape index (κ3) is 6.22. The van der Waals surface area contributed by atoms with Crippen LogP contribution in [-0.2, 0) is 9.53 Å². The van der Waals surface area contributed by atoms with Gasteiger partial charge in [0.1, 0.15) is 5.82 Å². The number of halogens is 1. The van der Waals surface area contributed by atoms with E-state index < -0.39 is 0 Å². The van der Waals surface area contributed by atoms with Gasteiger partial charge in [0.2, 0.25) is 0 Å². The summed E-state index contributed by atoms with van der Waals surface area (Å²) in [7, 11) is 0. The van der Waals surface area contributed by atoms with Crippen molar-refractivity contribution in [1.82, 2.24) is 0 Å². The maximum Gasteiger partial charge on any atom is 0.305 e. The number of anilines is 1. The van der Waals surface area contributed by atoms with Crippen molar-refractivity contribution >= 4 is 11.7 Å². The highest BCUT2D eigenvalue weighted by atomic mass is 19.1. The zero-order valence-electron chi connectivity index (χ0n) is 11.7. The van der Waals surface area contributed by atoms with Gasteiger partial charge in [0, 0.05) is 18.7 Å². The summed E-state index contributed by atoms with van der Waals surface area (Å²) in [6, 6.07) is 5.01. The molecule has 0 unspecified atom stereocenters. The molecule has 1 aromatic carbocycles. The lowest BCUT2D eigenvalue weighted by molar-refractivity contribution is -0.143. The van der Waals surface area contributed by atoms with Crippen LogP contribution in [-0.4, -0.2) is 19.1 Å². The highest BCUT2D eigenvalue weighted by Gasteiger charge is 2.01. The Kier molecular flexibility index (Phi) is 6.93. The average Bonchev–Trinajstić information content (AvgIpc) is 2.38. The second-order valence-electron chi connectivity index (χ2n) is 4.51. The lowest BCUT2D eigenvalue weighted by Crippen LogP contribution is -2.05.